The molecule has 21 heavy (non-hydrogen) atoms. The molecule has 102 valence electrons. The number of H-pyrrole nitrogens is 1. The minimum Gasteiger partial charge on any atom is -0.339 e. The van der Waals surface area contributed by atoms with Crippen molar-refractivity contribution in [1.82, 2.24) is 9.97 Å². The van der Waals surface area contributed by atoms with Crippen LogP contribution in [0.1, 0.15) is 11.3 Å². The molecule has 4 aromatic rings. The lowest BCUT2D eigenvalue weighted by atomic mass is 9.99. The largest absolute Gasteiger partial charge is 0.339 e. The van der Waals surface area contributed by atoms with Crippen LogP contribution in [0.2, 0.25) is 0 Å². The van der Waals surface area contributed by atoms with E-state index in [1.54, 1.807) is 0 Å². The van der Waals surface area contributed by atoms with Gasteiger partial charge in [0.05, 0.1) is 0 Å². The summed E-state index contributed by atoms with van der Waals surface area (Å²) >= 11 is 0. The van der Waals surface area contributed by atoms with E-state index in [2.05, 4.69) is 71.5 Å². The van der Waals surface area contributed by atoms with Gasteiger partial charge < -0.3 is 4.98 Å². The number of benzene rings is 2. The highest BCUT2D eigenvalue weighted by atomic mass is 14.9. The first-order valence-corrected chi connectivity index (χ1v) is 7.17. The second-order valence-corrected chi connectivity index (χ2v) is 5.57. The van der Waals surface area contributed by atoms with Crippen molar-refractivity contribution in [3.05, 3.63) is 65.9 Å². The van der Waals surface area contributed by atoms with Crippen LogP contribution in [0.5, 0.6) is 0 Å². The summed E-state index contributed by atoms with van der Waals surface area (Å²) in [4.78, 5) is 8.09. The van der Waals surface area contributed by atoms with Crippen LogP contribution in [0.4, 0.5) is 0 Å². The van der Waals surface area contributed by atoms with E-state index < -0.39 is 0 Å². The summed E-state index contributed by atoms with van der Waals surface area (Å²) < 4.78 is 0. The van der Waals surface area contributed by atoms with E-state index >= 15 is 0 Å². The smallest absolute Gasteiger partial charge is 0.139 e. The minimum absolute atomic E-state index is 0.965. The number of aromatic nitrogens is 2. The van der Waals surface area contributed by atoms with Gasteiger partial charge in [-0.1, -0.05) is 48.0 Å². The molecule has 2 aromatic carbocycles. The van der Waals surface area contributed by atoms with Crippen LogP contribution in [0.25, 0.3) is 33.1 Å². The van der Waals surface area contributed by atoms with Crippen molar-refractivity contribution in [2.24, 2.45) is 0 Å². The zero-order valence-corrected chi connectivity index (χ0v) is 12.1. The number of para-hydroxylation sites is 1. The first-order valence-electron chi connectivity index (χ1n) is 7.17. The van der Waals surface area contributed by atoms with Gasteiger partial charge in [0.15, 0.2) is 0 Å². The molecule has 2 aromatic heterocycles. The highest BCUT2D eigenvalue weighted by Gasteiger charge is 2.12. The van der Waals surface area contributed by atoms with E-state index in [0.29, 0.717) is 0 Å². The highest BCUT2D eigenvalue weighted by Crippen LogP contribution is 2.34. The van der Waals surface area contributed by atoms with Crippen LogP contribution < -0.4 is 0 Å². The molecule has 0 bridgehead atoms. The van der Waals surface area contributed by atoms with Gasteiger partial charge in [0, 0.05) is 22.0 Å². The van der Waals surface area contributed by atoms with Crippen molar-refractivity contribution in [3.8, 4) is 11.1 Å². The third-order valence-electron chi connectivity index (χ3n) is 3.96. The predicted molar refractivity (Wildman–Crippen MR) is 88.5 cm³/mol. The average molecular weight is 272 g/mol. The molecule has 1 N–H and O–H groups in total. The van der Waals surface area contributed by atoms with Crippen LogP contribution in [0.15, 0.2) is 54.6 Å². The Bertz CT molecular complexity index is 947. The van der Waals surface area contributed by atoms with Gasteiger partial charge in [-0.3, -0.25) is 0 Å². The summed E-state index contributed by atoms with van der Waals surface area (Å²) in [6.45, 7) is 4.16. The number of nitrogens with one attached hydrogen (secondary N) is 1. The van der Waals surface area contributed by atoms with Crippen molar-refractivity contribution >= 4 is 21.9 Å². The van der Waals surface area contributed by atoms with E-state index in [1.165, 1.54) is 27.5 Å². The van der Waals surface area contributed by atoms with E-state index in [1.807, 2.05) is 6.92 Å². The van der Waals surface area contributed by atoms with Gasteiger partial charge in [0.2, 0.25) is 0 Å². The summed E-state index contributed by atoms with van der Waals surface area (Å²) in [6, 6.07) is 19.3. The standard InChI is InChI=1S/C19H16N2/c1-12-7-9-14(10-8-12)16-11-13(2)20-19-18(16)15-5-3-4-6-17(15)21-19/h3-11H,1-2H3,(H,20,21). The topological polar surface area (TPSA) is 28.7 Å². The Kier molecular flexibility index (Phi) is 2.58. The van der Waals surface area contributed by atoms with Crippen molar-refractivity contribution in [2.45, 2.75) is 13.8 Å². The van der Waals surface area contributed by atoms with Gasteiger partial charge in [0.25, 0.3) is 0 Å². The molecule has 2 heterocycles. The molecule has 0 aliphatic heterocycles. The van der Waals surface area contributed by atoms with Crippen LogP contribution in [-0.4, -0.2) is 9.97 Å². The second kappa shape index (κ2) is 4.45. The molecular formula is C19H16N2. The van der Waals surface area contributed by atoms with Crippen molar-refractivity contribution in [3.63, 3.8) is 0 Å². The maximum absolute atomic E-state index is 4.66. The van der Waals surface area contributed by atoms with E-state index in [4.69, 9.17) is 0 Å². The number of fused-ring (bicyclic) bond motifs is 3. The number of aromatic amines is 1. The Balaban J connectivity index is 2.13. The number of aryl methyl sites for hydroxylation is 2. The van der Waals surface area contributed by atoms with Crippen molar-refractivity contribution in [1.29, 1.82) is 0 Å². The number of nitrogens with zero attached hydrogens (tertiary/aromatic N) is 1. The molecule has 0 unspecified atom stereocenters. The molecular weight excluding hydrogens is 256 g/mol. The van der Waals surface area contributed by atoms with Crippen LogP contribution in [-0.2, 0) is 0 Å². The second-order valence-electron chi connectivity index (χ2n) is 5.57. The van der Waals surface area contributed by atoms with Crippen LogP contribution in [0.3, 0.4) is 0 Å². The molecule has 0 atom stereocenters. The fourth-order valence-electron chi connectivity index (χ4n) is 2.93. The lowest BCUT2D eigenvalue weighted by molar-refractivity contribution is 1.23. The molecule has 0 aliphatic carbocycles. The summed E-state index contributed by atoms with van der Waals surface area (Å²) in [5.41, 5.74) is 6.89. The first kappa shape index (κ1) is 12.2. The summed E-state index contributed by atoms with van der Waals surface area (Å²) in [5.74, 6) is 0. The lowest BCUT2D eigenvalue weighted by Gasteiger charge is -2.06. The van der Waals surface area contributed by atoms with Gasteiger partial charge in [-0.15, -0.1) is 0 Å². The predicted octanol–water partition coefficient (Wildman–Crippen LogP) is 5.00. The Labute approximate surface area is 123 Å². The third kappa shape index (κ3) is 1.91. The van der Waals surface area contributed by atoms with Gasteiger partial charge in [-0.2, -0.15) is 0 Å². The first-order chi connectivity index (χ1) is 10.2. The Morgan fingerprint density at radius 1 is 0.905 bits per heavy atom. The fourth-order valence-corrected chi connectivity index (χ4v) is 2.93. The van der Waals surface area contributed by atoms with Crippen LogP contribution in [0, 0.1) is 13.8 Å². The molecule has 2 heteroatoms. The molecule has 0 saturated heterocycles. The Morgan fingerprint density at radius 3 is 2.48 bits per heavy atom. The molecule has 0 fully saturated rings. The van der Waals surface area contributed by atoms with Crippen molar-refractivity contribution in [2.75, 3.05) is 0 Å². The van der Waals surface area contributed by atoms with E-state index in [-0.39, 0.29) is 0 Å². The number of pyridine rings is 1. The maximum Gasteiger partial charge on any atom is 0.139 e. The molecule has 0 aliphatic rings. The number of rotatable bonds is 1. The fraction of sp³-hybridized carbons (Fsp3) is 0.105. The lowest BCUT2D eigenvalue weighted by Crippen LogP contribution is -1.87. The van der Waals surface area contributed by atoms with E-state index in [9.17, 15) is 0 Å². The van der Waals surface area contributed by atoms with Gasteiger partial charge in [-0.05, 0) is 37.1 Å². The highest BCUT2D eigenvalue weighted by molar-refractivity contribution is 6.13. The van der Waals surface area contributed by atoms with Gasteiger partial charge in [0.1, 0.15) is 5.65 Å². The number of hydrogen-bond acceptors (Lipinski definition) is 1. The van der Waals surface area contributed by atoms with E-state index in [0.717, 1.165) is 16.9 Å². The normalized spacial score (nSPS) is 11.3. The van der Waals surface area contributed by atoms with Gasteiger partial charge in [-0.25, -0.2) is 4.98 Å². The third-order valence-corrected chi connectivity index (χ3v) is 3.96. The molecule has 0 amide bonds. The van der Waals surface area contributed by atoms with Gasteiger partial charge >= 0.3 is 0 Å². The SMILES string of the molecule is Cc1ccc(-c2cc(C)nc3[nH]c4ccccc4c23)cc1. The minimum atomic E-state index is 0.965. The van der Waals surface area contributed by atoms with Crippen molar-refractivity contribution < 1.29 is 0 Å². The van der Waals surface area contributed by atoms with Crippen LogP contribution >= 0.6 is 0 Å². The quantitative estimate of drug-likeness (QED) is 0.519. The Morgan fingerprint density at radius 2 is 1.67 bits per heavy atom. The molecule has 0 spiro atoms. The number of hydrogen-bond donors (Lipinski definition) is 1. The molecule has 2 nitrogen and oxygen atoms in total. The summed E-state index contributed by atoms with van der Waals surface area (Å²) in [5, 5.41) is 2.44. The average Bonchev–Trinajstić information content (AvgIpc) is 2.85. The summed E-state index contributed by atoms with van der Waals surface area (Å²) in [7, 11) is 0. The maximum atomic E-state index is 4.66. The molecule has 0 radical (unpaired) electrons. The molecule has 4 rings (SSSR count). The zero-order valence-electron chi connectivity index (χ0n) is 12.1. The Hall–Kier alpha value is -2.61. The molecule has 0 saturated carbocycles. The monoisotopic (exact) mass is 272 g/mol. The zero-order chi connectivity index (χ0) is 14.4. The summed E-state index contributed by atoms with van der Waals surface area (Å²) in [6.07, 6.45) is 0.